The van der Waals surface area contributed by atoms with E-state index in [0.717, 1.165) is 0 Å². The van der Waals surface area contributed by atoms with Crippen molar-refractivity contribution < 1.29 is 4.74 Å². The van der Waals surface area contributed by atoms with Gasteiger partial charge in [-0.05, 0) is 30.5 Å². The van der Waals surface area contributed by atoms with Crippen molar-refractivity contribution in [2.75, 3.05) is 7.11 Å². The fraction of sp³-hybridized carbons (Fsp3) is 0.333. The Hall–Kier alpha value is -1.08. The van der Waals surface area contributed by atoms with Gasteiger partial charge in [-0.15, -0.1) is 6.58 Å². The lowest BCUT2D eigenvalue weighted by Crippen LogP contribution is -2.02. The molecular weight excluding hydrogens is 160 g/mol. The average Bonchev–Trinajstić information content (AvgIpc) is 2.11. The highest BCUT2D eigenvalue weighted by Gasteiger charge is 2.10. The van der Waals surface area contributed by atoms with Crippen LogP contribution in [0.25, 0.3) is 0 Å². The summed E-state index contributed by atoms with van der Waals surface area (Å²) in [6.45, 7) is 7.96. The number of ether oxygens (including phenoxy) is 1. The topological polar surface area (TPSA) is 9.23 Å². The van der Waals surface area contributed by atoms with Crippen molar-refractivity contribution in [2.45, 2.75) is 20.0 Å². The van der Waals surface area contributed by atoms with Crippen LogP contribution in [0.3, 0.4) is 0 Å². The molecule has 0 saturated heterocycles. The molecule has 0 bridgehead atoms. The van der Waals surface area contributed by atoms with Crippen LogP contribution in [-0.4, -0.2) is 7.11 Å². The lowest BCUT2D eigenvalue weighted by molar-refractivity contribution is 0.142. The van der Waals surface area contributed by atoms with E-state index in [1.54, 1.807) is 7.11 Å². The standard InChI is InChI=1S/C12H16O/c1-5-11(13-4)12-9(2)7-6-8-10(12)3/h5-8,11H,1H2,2-4H3. The second kappa shape index (κ2) is 4.24. The maximum absolute atomic E-state index is 5.33. The molecule has 0 radical (unpaired) electrons. The second-order valence-electron chi connectivity index (χ2n) is 3.20. The van der Waals surface area contributed by atoms with Gasteiger partial charge in [-0.2, -0.15) is 0 Å². The molecule has 1 nitrogen and oxygen atoms in total. The molecule has 0 amide bonds. The van der Waals surface area contributed by atoms with Gasteiger partial charge in [0, 0.05) is 7.11 Å². The van der Waals surface area contributed by atoms with E-state index < -0.39 is 0 Å². The smallest absolute Gasteiger partial charge is 0.100 e. The quantitative estimate of drug-likeness (QED) is 0.643. The molecule has 1 aromatic rings. The first-order chi connectivity index (χ1) is 6.20. The van der Waals surface area contributed by atoms with Crippen molar-refractivity contribution in [3.05, 3.63) is 47.5 Å². The van der Waals surface area contributed by atoms with Gasteiger partial charge < -0.3 is 4.74 Å². The normalized spacial score (nSPS) is 12.5. The van der Waals surface area contributed by atoms with E-state index in [-0.39, 0.29) is 6.10 Å². The molecule has 1 aromatic carbocycles. The Bertz CT molecular complexity index is 282. The van der Waals surface area contributed by atoms with E-state index in [1.165, 1.54) is 16.7 Å². The van der Waals surface area contributed by atoms with Crippen molar-refractivity contribution >= 4 is 0 Å². The molecule has 0 saturated carbocycles. The van der Waals surface area contributed by atoms with Crippen LogP contribution in [0.1, 0.15) is 22.8 Å². The number of benzene rings is 1. The molecule has 70 valence electrons. The maximum atomic E-state index is 5.33. The van der Waals surface area contributed by atoms with E-state index in [0.29, 0.717) is 0 Å². The fourth-order valence-corrected chi connectivity index (χ4v) is 1.61. The number of methoxy groups -OCH3 is 1. The summed E-state index contributed by atoms with van der Waals surface area (Å²) in [6.07, 6.45) is 1.84. The zero-order chi connectivity index (χ0) is 9.84. The summed E-state index contributed by atoms with van der Waals surface area (Å²) in [6, 6.07) is 6.25. The van der Waals surface area contributed by atoms with Crippen molar-refractivity contribution in [3.63, 3.8) is 0 Å². The summed E-state index contributed by atoms with van der Waals surface area (Å²) in [5, 5.41) is 0. The van der Waals surface area contributed by atoms with Gasteiger partial charge in [0.2, 0.25) is 0 Å². The summed E-state index contributed by atoms with van der Waals surface area (Å²) in [5.41, 5.74) is 3.75. The van der Waals surface area contributed by atoms with Gasteiger partial charge in [-0.3, -0.25) is 0 Å². The summed E-state index contributed by atoms with van der Waals surface area (Å²) in [7, 11) is 1.71. The van der Waals surface area contributed by atoms with Crippen LogP contribution in [-0.2, 0) is 4.74 Å². The third kappa shape index (κ3) is 1.99. The molecule has 0 heterocycles. The van der Waals surface area contributed by atoms with Crippen LogP contribution in [0.15, 0.2) is 30.9 Å². The van der Waals surface area contributed by atoms with Crippen LogP contribution in [0.4, 0.5) is 0 Å². The number of aryl methyl sites for hydroxylation is 2. The van der Waals surface area contributed by atoms with Crippen LogP contribution in [0, 0.1) is 13.8 Å². The Morgan fingerprint density at radius 2 is 1.85 bits per heavy atom. The Morgan fingerprint density at radius 3 is 2.23 bits per heavy atom. The molecule has 0 N–H and O–H groups in total. The maximum Gasteiger partial charge on any atom is 0.100 e. The Morgan fingerprint density at radius 1 is 1.31 bits per heavy atom. The molecule has 13 heavy (non-hydrogen) atoms. The summed E-state index contributed by atoms with van der Waals surface area (Å²) in [4.78, 5) is 0. The van der Waals surface area contributed by atoms with Gasteiger partial charge in [0.1, 0.15) is 6.10 Å². The number of rotatable bonds is 3. The molecule has 0 aliphatic rings. The first kappa shape index (κ1) is 10.0. The second-order valence-corrected chi connectivity index (χ2v) is 3.20. The van der Waals surface area contributed by atoms with Crippen LogP contribution in [0.5, 0.6) is 0 Å². The highest BCUT2D eigenvalue weighted by Crippen LogP contribution is 2.24. The molecule has 1 unspecified atom stereocenters. The number of hydrogen-bond acceptors (Lipinski definition) is 1. The predicted octanol–water partition coefficient (Wildman–Crippen LogP) is 3.18. The summed E-state index contributed by atoms with van der Waals surface area (Å²) >= 11 is 0. The van der Waals surface area contributed by atoms with Crippen molar-refractivity contribution in [1.82, 2.24) is 0 Å². The summed E-state index contributed by atoms with van der Waals surface area (Å²) < 4.78 is 5.33. The van der Waals surface area contributed by atoms with Crippen molar-refractivity contribution in [3.8, 4) is 0 Å². The SMILES string of the molecule is C=CC(OC)c1c(C)cccc1C. The highest BCUT2D eigenvalue weighted by atomic mass is 16.5. The molecular formula is C12H16O. The fourth-order valence-electron chi connectivity index (χ4n) is 1.61. The molecule has 0 spiro atoms. The van der Waals surface area contributed by atoms with E-state index in [4.69, 9.17) is 4.74 Å². The van der Waals surface area contributed by atoms with E-state index >= 15 is 0 Å². The van der Waals surface area contributed by atoms with Crippen LogP contribution < -0.4 is 0 Å². The minimum Gasteiger partial charge on any atom is -0.373 e. The zero-order valence-electron chi connectivity index (χ0n) is 8.50. The molecule has 0 aliphatic heterocycles. The van der Waals surface area contributed by atoms with Gasteiger partial charge >= 0.3 is 0 Å². The summed E-state index contributed by atoms with van der Waals surface area (Å²) in [5.74, 6) is 0. The molecule has 0 fully saturated rings. The van der Waals surface area contributed by atoms with Crippen molar-refractivity contribution in [1.29, 1.82) is 0 Å². The van der Waals surface area contributed by atoms with E-state index in [1.807, 2.05) is 6.08 Å². The largest absolute Gasteiger partial charge is 0.373 e. The van der Waals surface area contributed by atoms with E-state index in [2.05, 4.69) is 38.6 Å². The Balaban J connectivity index is 3.17. The van der Waals surface area contributed by atoms with Gasteiger partial charge in [0.15, 0.2) is 0 Å². The first-order valence-electron chi connectivity index (χ1n) is 4.42. The molecule has 0 aliphatic carbocycles. The lowest BCUT2D eigenvalue weighted by Gasteiger charge is -2.16. The first-order valence-corrected chi connectivity index (χ1v) is 4.42. The highest BCUT2D eigenvalue weighted by molar-refractivity contribution is 5.37. The monoisotopic (exact) mass is 176 g/mol. The van der Waals surface area contributed by atoms with Crippen molar-refractivity contribution in [2.24, 2.45) is 0 Å². The minimum atomic E-state index is 0.0150. The Kier molecular flexibility index (Phi) is 3.26. The van der Waals surface area contributed by atoms with Gasteiger partial charge in [0.05, 0.1) is 0 Å². The zero-order valence-corrected chi connectivity index (χ0v) is 8.50. The average molecular weight is 176 g/mol. The minimum absolute atomic E-state index is 0.0150. The van der Waals surface area contributed by atoms with Gasteiger partial charge in [-0.1, -0.05) is 24.3 Å². The van der Waals surface area contributed by atoms with Gasteiger partial charge in [-0.25, -0.2) is 0 Å². The lowest BCUT2D eigenvalue weighted by atomic mass is 9.98. The molecule has 1 rings (SSSR count). The number of hydrogen-bond donors (Lipinski definition) is 0. The van der Waals surface area contributed by atoms with Crippen LogP contribution in [0.2, 0.25) is 0 Å². The predicted molar refractivity (Wildman–Crippen MR) is 55.9 cm³/mol. The van der Waals surface area contributed by atoms with Gasteiger partial charge in [0.25, 0.3) is 0 Å². The Labute approximate surface area is 80.0 Å². The van der Waals surface area contributed by atoms with Crippen LogP contribution >= 0.6 is 0 Å². The molecule has 1 atom stereocenters. The third-order valence-corrected chi connectivity index (χ3v) is 2.29. The molecule has 1 heteroatoms. The van der Waals surface area contributed by atoms with E-state index in [9.17, 15) is 0 Å². The molecule has 0 aromatic heterocycles. The third-order valence-electron chi connectivity index (χ3n) is 2.29.